The Morgan fingerprint density at radius 2 is 2.12 bits per heavy atom. The van der Waals surface area contributed by atoms with Crippen LogP contribution in [0, 0.1) is 6.92 Å². The first-order valence-corrected chi connectivity index (χ1v) is 7.58. The molecule has 0 aromatic heterocycles. The van der Waals surface area contributed by atoms with Crippen molar-refractivity contribution in [1.29, 1.82) is 0 Å². The van der Waals surface area contributed by atoms with E-state index in [1.165, 1.54) is 22.6 Å². The molecule has 0 aliphatic heterocycles. The summed E-state index contributed by atoms with van der Waals surface area (Å²) in [4.78, 5) is 2.32. The molecule has 1 N–H and O–H groups in total. The van der Waals surface area contributed by atoms with Gasteiger partial charge < -0.3 is 10.2 Å². The van der Waals surface area contributed by atoms with Crippen molar-refractivity contribution in [3.05, 3.63) is 29.3 Å². The van der Waals surface area contributed by atoms with Gasteiger partial charge in [-0.3, -0.25) is 0 Å². The molecular weight excluding hydrogens is 228 g/mol. The van der Waals surface area contributed by atoms with Gasteiger partial charge in [0.1, 0.15) is 0 Å². The molecule has 96 valence electrons. The minimum absolute atomic E-state index is 0.969. The second-order valence-corrected chi connectivity index (χ2v) is 5.29. The molecule has 0 fully saturated rings. The minimum Gasteiger partial charge on any atom is -0.374 e. The van der Waals surface area contributed by atoms with Crippen LogP contribution in [-0.2, 0) is 6.54 Å². The van der Waals surface area contributed by atoms with E-state index < -0.39 is 0 Å². The van der Waals surface area contributed by atoms with E-state index in [0.717, 1.165) is 19.6 Å². The van der Waals surface area contributed by atoms with Crippen molar-refractivity contribution in [3.63, 3.8) is 0 Å². The lowest BCUT2D eigenvalue weighted by Gasteiger charge is -2.20. The van der Waals surface area contributed by atoms with Gasteiger partial charge in [-0.25, -0.2) is 0 Å². The highest BCUT2D eigenvalue weighted by Gasteiger charge is 2.03. The van der Waals surface area contributed by atoms with Gasteiger partial charge in [0.05, 0.1) is 0 Å². The molecule has 3 heteroatoms. The van der Waals surface area contributed by atoms with Gasteiger partial charge in [0.15, 0.2) is 0 Å². The number of thioether (sulfide) groups is 1. The van der Waals surface area contributed by atoms with Crippen molar-refractivity contribution in [2.75, 3.05) is 37.0 Å². The Morgan fingerprint density at radius 3 is 2.71 bits per heavy atom. The fraction of sp³-hybridized carbons (Fsp3) is 0.571. The van der Waals surface area contributed by atoms with Crippen LogP contribution in [0.25, 0.3) is 0 Å². The fourth-order valence-electron chi connectivity index (χ4n) is 1.73. The van der Waals surface area contributed by atoms with Crippen LogP contribution in [0.4, 0.5) is 5.69 Å². The quantitative estimate of drug-likeness (QED) is 0.803. The Bertz CT molecular complexity index is 339. The Morgan fingerprint density at radius 1 is 1.35 bits per heavy atom. The zero-order chi connectivity index (χ0) is 12.7. The van der Waals surface area contributed by atoms with Crippen molar-refractivity contribution < 1.29 is 0 Å². The maximum absolute atomic E-state index is 3.37. The summed E-state index contributed by atoms with van der Waals surface area (Å²) in [5.74, 6) is 1.18. The third kappa shape index (κ3) is 4.60. The van der Waals surface area contributed by atoms with Crippen LogP contribution in [0.2, 0.25) is 0 Å². The van der Waals surface area contributed by atoms with Crippen molar-refractivity contribution in [1.82, 2.24) is 5.32 Å². The smallest absolute Gasteiger partial charge is 0.0366 e. The molecule has 0 amide bonds. The highest BCUT2D eigenvalue weighted by Crippen LogP contribution is 2.18. The summed E-state index contributed by atoms with van der Waals surface area (Å²) in [5.41, 5.74) is 4.09. The first kappa shape index (κ1) is 14.4. The Hall–Kier alpha value is -0.670. The molecular formula is C14H24N2S. The van der Waals surface area contributed by atoms with E-state index in [-0.39, 0.29) is 0 Å². The number of anilines is 1. The van der Waals surface area contributed by atoms with E-state index in [2.05, 4.69) is 55.6 Å². The van der Waals surface area contributed by atoms with Crippen LogP contribution in [-0.4, -0.2) is 32.1 Å². The predicted octanol–water partition coefficient (Wildman–Crippen LogP) is 2.90. The molecule has 1 rings (SSSR count). The highest BCUT2D eigenvalue weighted by molar-refractivity contribution is 7.98. The Kier molecular flexibility index (Phi) is 6.45. The molecule has 2 nitrogen and oxygen atoms in total. The van der Waals surface area contributed by atoms with Gasteiger partial charge in [0, 0.05) is 31.6 Å². The molecule has 0 radical (unpaired) electrons. The van der Waals surface area contributed by atoms with Gasteiger partial charge in [0.25, 0.3) is 0 Å². The molecule has 1 aromatic carbocycles. The van der Waals surface area contributed by atoms with E-state index in [1.807, 2.05) is 11.8 Å². The summed E-state index contributed by atoms with van der Waals surface area (Å²) < 4.78 is 0. The average Bonchev–Trinajstić information content (AvgIpc) is 2.34. The first-order valence-electron chi connectivity index (χ1n) is 6.19. The number of nitrogens with one attached hydrogen (secondary N) is 1. The van der Waals surface area contributed by atoms with E-state index in [9.17, 15) is 0 Å². The molecule has 1 aromatic rings. The van der Waals surface area contributed by atoms with Gasteiger partial charge >= 0.3 is 0 Å². The number of hydrogen-bond acceptors (Lipinski definition) is 3. The van der Waals surface area contributed by atoms with Gasteiger partial charge in [0.2, 0.25) is 0 Å². The fourth-order valence-corrected chi connectivity index (χ4v) is 2.19. The molecule has 0 aliphatic carbocycles. The number of aryl methyl sites for hydroxylation is 1. The van der Waals surface area contributed by atoms with Crippen LogP contribution in [0.3, 0.4) is 0 Å². The Labute approximate surface area is 110 Å². The highest BCUT2D eigenvalue weighted by atomic mass is 32.2. The third-order valence-electron chi connectivity index (χ3n) is 2.96. The van der Waals surface area contributed by atoms with Crippen molar-refractivity contribution in [2.24, 2.45) is 0 Å². The molecule has 0 saturated heterocycles. The topological polar surface area (TPSA) is 15.3 Å². The first-order chi connectivity index (χ1) is 8.19. The van der Waals surface area contributed by atoms with E-state index in [0.29, 0.717) is 0 Å². The van der Waals surface area contributed by atoms with Crippen LogP contribution in [0.5, 0.6) is 0 Å². The minimum atomic E-state index is 0.969. The molecule has 17 heavy (non-hydrogen) atoms. The molecule has 0 aliphatic rings. The Balaban J connectivity index is 2.67. The van der Waals surface area contributed by atoms with E-state index >= 15 is 0 Å². The largest absolute Gasteiger partial charge is 0.374 e. The lowest BCUT2D eigenvalue weighted by Crippen LogP contribution is -2.20. The van der Waals surface area contributed by atoms with Crippen molar-refractivity contribution in [2.45, 2.75) is 20.4 Å². The molecule has 0 atom stereocenters. The molecule has 0 spiro atoms. The van der Waals surface area contributed by atoms with Crippen LogP contribution in [0.15, 0.2) is 18.2 Å². The number of benzene rings is 1. The van der Waals surface area contributed by atoms with Crippen LogP contribution < -0.4 is 10.2 Å². The maximum Gasteiger partial charge on any atom is 0.0366 e. The number of hydrogen-bond donors (Lipinski definition) is 1. The van der Waals surface area contributed by atoms with Crippen LogP contribution >= 0.6 is 11.8 Å². The average molecular weight is 252 g/mol. The molecule has 0 bridgehead atoms. The van der Waals surface area contributed by atoms with Gasteiger partial charge in [-0.2, -0.15) is 11.8 Å². The van der Waals surface area contributed by atoms with Crippen molar-refractivity contribution >= 4 is 17.4 Å². The second kappa shape index (κ2) is 7.62. The maximum atomic E-state index is 3.37. The zero-order valence-corrected chi connectivity index (χ0v) is 12.2. The van der Waals surface area contributed by atoms with Crippen molar-refractivity contribution in [3.8, 4) is 0 Å². The summed E-state index contributed by atoms with van der Waals surface area (Å²) >= 11 is 1.89. The summed E-state index contributed by atoms with van der Waals surface area (Å²) in [5, 5.41) is 3.37. The summed E-state index contributed by atoms with van der Waals surface area (Å²) in [6, 6.07) is 6.75. The van der Waals surface area contributed by atoms with Gasteiger partial charge in [-0.15, -0.1) is 0 Å². The summed E-state index contributed by atoms with van der Waals surface area (Å²) in [7, 11) is 2.16. The molecule has 0 saturated carbocycles. The van der Waals surface area contributed by atoms with Crippen LogP contribution in [0.1, 0.15) is 18.1 Å². The third-order valence-corrected chi connectivity index (χ3v) is 3.55. The number of nitrogens with zero attached hydrogens (tertiary/aromatic N) is 1. The molecule has 0 unspecified atom stereocenters. The second-order valence-electron chi connectivity index (χ2n) is 4.31. The normalized spacial score (nSPS) is 10.6. The number of rotatable bonds is 7. The van der Waals surface area contributed by atoms with E-state index in [1.54, 1.807) is 0 Å². The molecule has 0 heterocycles. The summed E-state index contributed by atoms with van der Waals surface area (Å²) in [6.07, 6.45) is 2.15. The zero-order valence-electron chi connectivity index (χ0n) is 11.4. The predicted molar refractivity (Wildman–Crippen MR) is 80.2 cm³/mol. The van der Waals surface area contributed by atoms with E-state index in [4.69, 9.17) is 0 Å². The summed E-state index contributed by atoms with van der Waals surface area (Å²) in [6.45, 7) is 7.43. The van der Waals surface area contributed by atoms with Gasteiger partial charge in [-0.05, 0) is 43.0 Å². The monoisotopic (exact) mass is 252 g/mol. The SMILES string of the molecule is CCNCc1ccc(N(C)CCSC)cc1C. The van der Waals surface area contributed by atoms with Gasteiger partial charge in [-0.1, -0.05) is 13.0 Å². The standard InChI is InChI=1S/C14H24N2S/c1-5-15-11-13-6-7-14(10-12(13)2)16(3)8-9-17-4/h6-7,10,15H,5,8-9,11H2,1-4H3. The lowest BCUT2D eigenvalue weighted by molar-refractivity contribution is 0.723. The lowest BCUT2D eigenvalue weighted by atomic mass is 10.1.